The highest BCUT2D eigenvalue weighted by atomic mass is 32.1. The molecule has 0 radical (unpaired) electrons. The molecule has 1 heterocycles. The van der Waals surface area contributed by atoms with Crippen LogP contribution in [0.1, 0.15) is 22.4 Å². The van der Waals surface area contributed by atoms with E-state index >= 15 is 0 Å². The molecule has 1 unspecified atom stereocenters. The van der Waals surface area contributed by atoms with Crippen LogP contribution in [0, 0.1) is 0 Å². The van der Waals surface area contributed by atoms with Crippen molar-refractivity contribution < 1.29 is 9.90 Å². The van der Waals surface area contributed by atoms with Gasteiger partial charge in [-0.25, -0.2) is 4.98 Å². The standard InChI is InChI=1S/C11H20N4O2S/c1-11(17,7-15(2)3)6-13-10(16)8-5-18-9(4-12)14-8/h5,17H,4,6-7,12H2,1-3H3,(H,13,16). The Hall–Kier alpha value is -1.02. The Morgan fingerprint density at radius 3 is 2.83 bits per heavy atom. The predicted octanol–water partition coefficient (Wildman–Crippen LogP) is -0.356. The highest BCUT2D eigenvalue weighted by molar-refractivity contribution is 7.09. The summed E-state index contributed by atoms with van der Waals surface area (Å²) in [7, 11) is 3.73. The Morgan fingerprint density at radius 1 is 1.67 bits per heavy atom. The first-order valence-electron chi connectivity index (χ1n) is 5.64. The average molecular weight is 272 g/mol. The van der Waals surface area contributed by atoms with E-state index in [1.165, 1.54) is 11.3 Å². The van der Waals surface area contributed by atoms with E-state index in [1.807, 2.05) is 19.0 Å². The smallest absolute Gasteiger partial charge is 0.270 e. The van der Waals surface area contributed by atoms with Crippen LogP contribution in [0.5, 0.6) is 0 Å². The third-order valence-corrected chi connectivity index (χ3v) is 3.12. The van der Waals surface area contributed by atoms with Crippen molar-refractivity contribution in [1.29, 1.82) is 0 Å². The maximum Gasteiger partial charge on any atom is 0.270 e. The van der Waals surface area contributed by atoms with Crippen LogP contribution in [0.4, 0.5) is 0 Å². The van der Waals surface area contributed by atoms with Gasteiger partial charge < -0.3 is 21.1 Å². The number of hydrogen-bond acceptors (Lipinski definition) is 6. The van der Waals surface area contributed by atoms with Gasteiger partial charge in [-0.15, -0.1) is 11.3 Å². The molecule has 0 aromatic carbocycles. The van der Waals surface area contributed by atoms with Crippen LogP contribution < -0.4 is 11.1 Å². The largest absolute Gasteiger partial charge is 0.387 e. The molecular weight excluding hydrogens is 252 g/mol. The predicted molar refractivity (Wildman–Crippen MR) is 71.5 cm³/mol. The van der Waals surface area contributed by atoms with Crippen molar-refractivity contribution in [2.24, 2.45) is 5.73 Å². The van der Waals surface area contributed by atoms with Gasteiger partial charge in [0.2, 0.25) is 0 Å². The maximum absolute atomic E-state index is 11.8. The lowest BCUT2D eigenvalue weighted by molar-refractivity contribution is 0.0325. The van der Waals surface area contributed by atoms with Crippen molar-refractivity contribution in [1.82, 2.24) is 15.2 Å². The molecular formula is C11H20N4O2S. The van der Waals surface area contributed by atoms with E-state index in [2.05, 4.69) is 10.3 Å². The number of aliphatic hydroxyl groups is 1. The maximum atomic E-state index is 11.8. The minimum Gasteiger partial charge on any atom is -0.387 e. The third kappa shape index (κ3) is 4.69. The Balaban J connectivity index is 2.50. The minimum absolute atomic E-state index is 0.180. The molecule has 6 nitrogen and oxygen atoms in total. The highest BCUT2D eigenvalue weighted by Crippen LogP contribution is 2.09. The second kappa shape index (κ2) is 6.24. The van der Waals surface area contributed by atoms with Crippen LogP contribution in [0.25, 0.3) is 0 Å². The number of thiazole rings is 1. The molecule has 1 amide bonds. The summed E-state index contributed by atoms with van der Waals surface area (Å²) in [5.41, 5.74) is 4.81. The number of nitrogens with two attached hydrogens (primary N) is 1. The molecule has 18 heavy (non-hydrogen) atoms. The van der Waals surface area contributed by atoms with Gasteiger partial charge in [0.05, 0.1) is 5.60 Å². The molecule has 0 saturated heterocycles. The van der Waals surface area contributed by atoms with E-state index in [-0.39, 0.29) is 12.5 Å². The van der Waals surface area contributed by atoms with Crippen molar-refractivity contribution >= 4 is 17.2 Å². The molecule has 0 fully saturated rings. The van der Waals surface area contributed by atoms with Crippen LogP contribution in [-0.4, -0.2) is 53.7 Å². The molecule has 1 rings (SSSR count). The molecule has 1 aromatic heterocycles. The molecule has 1 atom stereocenters. The molecule has 0 saturated carbocycles. The van der Waals surface area contributed by atoms with E-state index in [1.54, 1.807) is 12.3 Å². The molecule has 102 valence electrons. The van der Waals surface area contributed by atoms with Gasteiger partial charge >= 0.3 is 0 Å². The van der Waals surface area contributed by atoms with E-state index in [0.29, 0.717) is 18.8 Å². The van der Waals surface area contributed by atoms with Gasteiger partial charge in [-0.2, -0.15) is 0 Å². The first-order chi connectivity index (χ1) is 8.34. The summed E-state index contributed by atoms with van der Waals surface area (Å²) in [6.45, 7) is 2.66. The fourth-order valence-electron chi connectivity index (χ4n) is 1.61. The summed E-state index contributed by atoms with van der Waals surface area (Å²) in [4.78, 5) is 17.7. The summed E-state index contributed by atoms with van der Waals surface area (Å²) in [6.07, 6.45) is 0. The van der Waals surface area contributed by atoms with E-state index in [4.69, 9.17) is 5.73 Å². The van der Waals surface area contributed by atoms with Crippen LogP contribution in [0.3, 0.4) is 0 Å². The monoisotopic (exact) mass is 272 g/mol. The Bertz CT molecular complexity index is 404. The zero-order valence-electron chi connectivity index (χ0n) is 10.9. The number of carbonyl (C=O) groups excluding carboxylic acids is 1. The van der Waals surface area contributed by atoms with Crippen molar-refractivity contribution in [2.45, 2.75) is 19.1 Å². The molecule has 7 heteroatoms. The second-order valence-electron chi connectivity index (χ2n) is 4.75. The Morgan fingerprint density at radius 2 is 2.33 bits per heavy atom. The zero-order chi connectivity index (χ0) is 13.8. The lowest BCUT2D eigenvalue weighted by atomic mass is 10.1. The fourth-order valence-corrected chi connectivity index (χ4v) is 2.26. The summed E-state index contributed by atoms with van der Waals surface area (Å²) in [5.74, 6) is -0.287. The summed E-state index contributed by atoms with van der Waals surface area (Å²) < 4.78 is 0. The molecule has 0 bridgehead atoms. The number of nitrogens with one attached hydrogen (secondary N) is 1. The highest BCUT2D eigenvalue weighted by Gasteiger charge is 2.22. The van der Waals surface area contributed by atoms with Gasteiger partial charge in [-0.3, -0.25) is 4.79 Å². The van der Waals surface area contributed by atoms with Crippen molar-refractivity contribution in [3.63, 3.8) is 0 Å². The van der Waals surface area contributed by atoms with Crippen LogP contribution in [0.2, 0.25) is 0 Å². The van der Waals surface area contributed by atoms with Gasteiger partial charge in [0, 0.05) is 25.0 Å². The summed E-state index contributed by atoms with van der Waals surface area (Å²) in [6, 6.07) is 0. The second-order valence-corrected chi connectivity index (χ2v) is 5.69. The number of carbonyl (C=O) groups is 1. The van der Waals surface area contributed by atoms with Crippen LogP contribution in [-0.2, 0) is 6.54 Å². The number of aromatic nitrogens is 1. The van der Waals surface area contributed by atoms with Crippen molar-refractivity contribution in [3.8, 4) is 0 Å². The summed E-state index contributed by atoms with van der Waals surface area (Å²) >= 11 is 1.35. The van der Waals surface area contributed by atoms with Gasteiger partial charge in [0.1, 0.15) is 10.7 Å². The number of likely N-dealkylation sites (N-methyl/N-ethyl adjacent to an activating group) is 1. The fraction of sp³-hybridized carbons (Fsp3) is 0.636. The number of amides is 1. The first kappa shape index (κ1) is 15.0. The number of rotatable bonds is 6. The lowest BCUT2D eigenvalue weighted by Gasteiger charge is -2.26. The van der Waals surface area contributed by atoms with Gasteiger partial charge in [-0.05, 0) is 21.0 Å². The SMILES string of the molecule is CN(C)CC(C)(O)CNC(=O)c1csc(CN)n1. The van der Waals surface area contributed by atoms with Gasteiger partial charge in [0.15, 0.2) is 0 Å². The van der Waals surface area contributed by atoms with Crippen LogP contribution in [0.15, 0.2) is 5.38 Å². The van der Waals surface area contributed by atoms with Crippen molar-refractivity contribution in [3.05, 3.63) is 16.1 Å². The lowest BCUT2D eigenvalue weighted by Crippen LogP contribution is -2.47. The molecule has 4 N–H and O–H groups in total. The molecule has 1 aromatic rings. The van der Waals surface area contributed by atoms with Crippen LogP contribution >= 0.6 is 11.3 Å². The molecule has 0 aliphatic rings. The Kier molecular flexibility index (Phi) is 5.21. The minimum atomic E-state index is -0.966. The van der Waals surface area contributed by atoms with E-state index in [9.17, 15) is 9.90 Å². The average Bonchev–Trinajstić information content (AvgIpc) is 2.72. The summed E-state index contributed by atoms with van der Waals surface area (Å²) in [5, 5.41) is 15.1. The van der Waals surface area contributed by atoms with Gasteiger partial charge in [-0.1, -0.05) is 0 Å². The normalized spacial score (nSPS) is 14.6. The molecule has 0 aliphatic carbocycles. The first-order valence-corrected chi connectivity index (χ1v) is 6.52. The topological polar surface area (TPSA) is 91.5 Å². The number of nitrogens with zero attached hydrogens (tertiary/aromatic N) is 2. The number of hydrogen-bond donors (Lipinski definition) is 3. The van der Waals surface area contributed by atoms with Crippen molar-refractivity contribution in [2.75, 3.05) is 27.2 Å². The van der Waals surface area contributed by atoms with Gasteiger partial charge in [0.25, 0.3) is 5.91 Å². The third-order valence-electron chi connectivity index (χ3n) is 2.25. The van der Waals surface area contributed by atoms with E-state index in [0.717, 1.165) is 5.01 Å². The quantitative estimate of drug-likeness (QED) is 0.658. The Labute approximate surface area is 111 Å². The molecule has 0 aliphatic heterocycles. The zero-order valence-corrected chi connectivity index (χ0v) is 11.8. The molecule has 0 spiro atoms. The van der Waals surface area contributed by atoms with E-state index < -0.39 is 5.60 Å².